The van der Waals surface area contributed by atoms with Gasteiger partial charge in [0.25, 0.3) is 0 Å². The van der Waals surface area contributed by atoms with Gasteiger partial charge in [0.1, 0.15) is 0 Å². The van der Waals surface area contributed by atoms with Crippen molar-refractivity contribution in [1.82, 2.24) is 4.37 Å². The van der Waals surface area contributed by atoms with Crippen molar-refractivity contribution in [2.24, 2.45) is 0 Å². The van der Waals surface area contributed by atoms with Crippen molar-refractivity contribution >= 4 is 48.7 Å². The van der Waals surface area contributed by atoms with Crippen LogP contribution in [0.2, 0.25) is 0 Å². The summed E-state index contributed by atoms with van der Waals surface area (Å²) in [7, 11) is 0. The molecule has 0 atom stereocenters. The summed E-state index contributed by atoms with van der Waals surface area (Å²) in [6.07, 6.45) is 0. The van der Waals surface area contributed by atoms with Crippen molar-refractivity contribution in [3.8, 4) is 11.3 Å². The van der Waals surface area contributed by atoms with Gasteiger partial charge in [-0.25, -0.2) is 0 Å². The number of hydrogen-bond acceptors (Lipinski definition) is 2. The molecule has 0 aliphatic heterocycles. The predicted octanol–water partition coefficient (Wildman–Crippen LogP) is 2.37. The van der Waals surface area contributed by atoms with Gasteiger partial charge in [-0.2, -0.15) is 0 Å². The summed E-state index contributed by atoms with van der Waals surface area (Å²) in [5.74, 6) is 0. The van der Waals surface area contributed by atoms with Crippen molar-refractivity contribution in [3.05, 3.63) is 34.8 Å². The summed E-state index contributed by atoms with van der Waals surface area (Å²) >= 11 is 7.13. The van der Waals surface area contributed by atoms with Crippen LogP contribution in [-0.2, 0) is 0 Å². The van der Waals surface area contributed by atoms with Crippen LogP contribution in [0.15, 0.2) is 34.8 Å². The van der Waals surface area contributed by atoms with E-state index in [0.29, 0.717) is 0 Å². The summed E-state index contributed by atoms with van der Waals surface area (Å²) in [5, 5.41) is 0. The van der Waals surface area contributed by atoms with Crippen LogP contribution in [0.1, 0.15) is 0 Å². The number of aromatic nitrogens is 1. The normalized spacial score (nSPS) is 10.4. The fourth-order valence-corrected chi connectivity index (χ4v) is 2.39. The monoisotopic (exact) mass is 245 g/mol. The molecule has 60 valence electrons. The van der Waals surface area contributed by atoms with E-state index in [2.05, 4.69) is 50.2 Å². The number of benzene rings is 1. The van der Waals surface area contributed by atoms with E-state index in [1.165, 1.54) is 20.6 Å². The first-order valence-electron chi connectivity index (χ1n) is 3.96. The fourth-order valence-electron chi connectivity index (χ4n) is 1.14. The molecule has 0 spiro atoms. The fraction of sp³-hybridized carbons (Fsp3) is 0. The zero-order chi connectivity index (χ0) is 9.26. The Bertz CT molecular complexity index is 413. The Morgan fingerprint density at radius 3 is 2.46 bits per heavy atom. The van der Waals surface area contributed by atoms with Gasteiger partial charge in [-0.05, 0) is 0 Å². The zero-order valence-electron chi connectivity index (χ0n) is 7.12. The summed E-state index contributed by atoms with van der Waals surface area (Å²) in [6, 6.07) is 10.2. The Labute approximate surface area is 98.7 Å². The van der Waals surface area contributed by atoms with Gasteiger partial charge in [-0.3, -0.25) is 0 Å². The topological polar surface area (TPSA) is 12.9 Å². The van der Waals surface area contributed by atoms with Gasteiger partial charge in [0.2, 0.25) is 0 Å². The molecule has 0 fully saturated rings. The van der Waals surface area contributed by atoms with E-state index < -0.39 is 0 Å². The molecular weight excluding hydrogens is 241 g/mol. The van der Waals surface area contributed by atoms with Gasteiger partial charge in [0.05, 0.1) is 0 Å². The Hall–Kier alpha value is -0.0726. The second kappa shape index (κ2) is 3.98. The van der Waals surface area contributed by atoms with Gasteiger partial charge in [0, 0.05) is 0 Å². The Morgan fingerprint density at radius 1 is 1.23 bits per heavy atom. The molecule has 2 rings (SSSR count). The molecule has 1 nitrogen and oxygen atoms in total. The molecule has 0 saturated carbocycles. The van der Waals surface area contributed by atoms with E-state index in [1.807, 2.05) is 18.2 Å². The molecular formula is C9H5BrLiNS. The summed E-state index contributed by atoms with van der Waals surface area (Å²) < 4.78 is 6.72. The number of halogens is 1. The van der Waals surface area contributed by atoms with Crippen LogP contribution in [0.4, 0.5) is 0 Å². The van der Waals surface area contributed by atoms with Gasteiger partial charge < -0.3 is 0 Å². The third-order valence-electron chi connectivity index (χ3n) is 1.84. The van der Waals surface area contributed by atoms with E-state index in [4.69, 9.17) is 0 Å². The van der Waals surface area contributed by atoms with Crippen molar-refractivity contribution in [3.63, 3.8) is 0 Å². The molecule has 0 aliphatic rings. The maximum atomic E-state index is 4.38. The third-order valence-corrected chi connectivity index (χ3v) is 3.82. The number of hydrogen-bond donors (Lipinski definition) is 0. The maximum absolute atomic E-state index is 4.38. The van der Waals surface area contributed by atoms with Crippen molar-refractivity contribution in [2.45, 2.75) is 0 Å². The van der Waals surface area contributed by atoms with Crippen LogP contribution < -0.4 is 3.55 Å². The van der Waals surface area contributed by atoms with Gasteiger partial charge >= 0.3 is 99.2 Å². The van der Waals surface area contributed by atoms with E-state index in [0.717, 1.165) is 10.2 Å². The molecule has 2 aromatic rings. The summed E-state index contributed by atoms with van der Waals surface area (Å²) in [6.45, 7) is 0. The van der Waals surface area contributed by atoms with E-state index >= 15 is 0 Å². The molecule has 0 radical (unpaired) electrons. The Morgan fingerprint density at radius 2 is 1.92 bits per heavy atom. The first-order chi connectivity index (χ1) is 6.29. The number of nitrogens with zero attached hydrogens (tertiary/aromatic N) is 1. The standard InChI is InChI=1S/C9H5BrNS.Li/c10-8-6-12-11-9(8)7-4-2-1-3-5-7;/h1-5H;. The van der Waals surface area contributed by atoms with Crippen LogP contribution in [0.3, 0.4) is 0 Å². The minimum absolute atomic E-state index is 1.04. The first kappa shape index (κ1) is 9.48. The average molecular weight is 246 g/mol. The van der Waals surface area contributed by atoms with Gasteiger partial charge in [0.15, 0.2) is 0 Å². The first-order valence-corrected chi connectivity index (χ1v) is 5.53. The second-order valence-corrected chi connectivity index (χ2v) is 4.54. The second-order valence-electron chi connectivity index (χ2n) is 2.77. The van der Waals surface area contributed by atoms with Crippen LogP contribution in [0.25, 0.3) is 11.3 Å². The molecule has 1 aromatic heterocycles. The number of rotatable bonds is 1. The molecule has 0 saturated heterocycles. The third kappa shape index (κ3) is 1.89. The van der Waals surface area contributed by atoms with Crippen molar-refractivity contribution < 1.29 is 0 Å². The van der Waals surface area contributed by atoms with Crippen LogP contribution >= 0.6 is 27.5 Å². The quantitative estimate of drug-likeness (QED) is 0.704. The molecule has 13 heavy (non-hydrogen) atoms. The van der Waals surface area contributed by atoms with Gasteiger partial charge in [-0.1, -0.05) is 0 Å². The molecule has 0 amide bonds. The molecule has 1 aromatic carbocycles. The van der Waals surface area contributed by atoms with E-state index in [1.54, 1.807) is 0 Å². The van der Waals surface area contributed by atoms with Crippen LogP contribution in [0, 0.1) is 0 Å². The molecule has 0 N–H and O–H groups in total. The van der Waals surface area contributed by atoms with Crippen LogP contribution in [-0.4, -0.2) is 22.1 Å². The SMILES string of the molecule is [Li][c]1snc(-c2ccccc2)c1Br. The average Bonchev–Trinajstić information content (AvgIpc) is 2.49. The van der Waals surface area contributed by atoms with Gasteiger partial charge in [-0.15, -0.1) is 0 Å². The summed E-state index contributed by atoms with van der Waals surface area (Å²) in [5.41, 5.74) is 2.21. The molecule has 0 unspecified atom stereocenters. The Balaban J connectivity index is 2.53. The molecule has 4 heteroatoms. The van der Waals surface area contributed by atoms with Crippen LogP contribution in [0.5, 0.6) is 0 Å². The van der Waals surface area contributed by atoms with E-state index in [-0.39, 0.29) is 0 Å². The summed E-state index contributed by atoms with van der Waals surface area (Å²) in [4.78, 5) is 0. The predicted molar refractivity (Wildman–Crippen MR) is 60.6 cm³/mol. The minimum atomic E-state index is 1.04. The van der Waals surface area contributed by atoms with Crippen molar-refractivity contribution in [1.29, 1.82) is 0 Å². The Kier molecular flexibility index (Phi) is 2.90. The molecule has 1 heterocycles. The molecule has 0 bridgehead atoms. The van der Waals surface area contributed by atoms with E-state index in [9.17, 15) is 0 Å². The molecule has 0 aliphatic carbocycles. The van der Waals surface area contributed by atoms with Crippen molar-refractivity contribution in [2.75, 3.05) is 0 Å². The zero-order valence-corrected chi connectivity index (χ0v) is 9.52.